The lowest BCUT2D eigenvalue weighted by atomic mass is 9.83. The number of rotatable bonds is 7. The van der Waals surface area contributed by atoms with E-state index in [1.165, 1.54) is 5.56 Å². The first kappa shape index (κ1) is 26.0. The fourth-order valence-electron chi connectivity index (χ4n) is 5.55. The van der Waals surface area contributed by atoms with Gasteiger partial charge in [-0.3, -0.25) is 9.59 Å². The molecule has 1 fully saturated rings. The molecule has 1 aromatic heterocycles. The molecule has 3 aromatic rings. The molecule has 3 heterocycles. The summed E-state index contributed by atoms with van der Waals surface area (Å²) in [7, 11) is 0. The van der Waals surface area contributed by atoms with Crippen LogP contribution >= 0.6 is 12.2 Å². The largest absolute Gasteiger partial charge is 0.369 e. The van der Waals surface area contributed by atoms with Gasteiger partial charge in [0.2, 0.25) is 0 Å². The number of piperidine rings is 1. The van der Waals surface area contributed by atoms with Crippen LogP contribution in [0, 0.1) is 12.8 Å². The predicted molar refractivity (Wildman–Crippen MR) is 158 cm³/mol. The first-order chi connectivity index (χ1) is 18.4. The summed E-state index contributed by atoms with van der Waals surface area (Å²) >= 11 is 5.67. The maximum atomic E-state index is 12.9. The molecule has 2 aliphatic heterocycles. The van der Waals surface area contributed by atoms with Gasteiger partial charge in [0.05, 0.1) is 11.4 Å². The van der Waals surface area contributed by atoms with Crippen LogP contribution in [-0.4, -0.2) is 35.2 Å². The zero-order valence-corrected chi connectivity index (χ0v) is 22.8. The zero-order valence-electron chi connectivity index (χ0n) is 22.0. The van der Waals surface area contributed by atoms with Gasteiger partial charge in [0.25, 0.3) is 11.5 Å². The Kier molecular flexibility index (Phi) is 7.79. The number of nitrogens with zero attached hydrogens (tertiary/aromatic N) is 2. The number of nitrogens with one attached hydrogen (secondary N) is 3. The molecule has 3 N–H and O–H groups in total. The number of fused-ring (bicyclic) bond motifs is 4. The molecule has 7 nitrogen and oxygen atoms in total. The summed E-state index contributed by atoms with van der Waals surface area (Å²) in [5.41, 5.74) is 5.67. The van der Waals surface area contributed by atoms with Crippen molar-refractivity contribution < 1.29 is 4.79 Å². The maximum absolute atomic E-state index is 12.9. The number of carbonyl (C=O) groups excluding carboxylic acids is 1. The number of hydrogen-bond donors (Lipinski definition) is 3. The highest BCUT2D eigenvalue weighted by Gasteiger charge is 2.35. The third-order valence-electron chi connectivity index (χ3n) is 7.45. The minimum Gasteiger partial charge on any atom is -0.369 e. The first-order valence-electron chi connectivity index (χ1n) is 13.4. The van der Waals surface area contributed by atoms with Crippen molar-refractivity contribution in [3.8, 4) is 0 Å². The predicted octanol–water partition coefficient (Wildman–Crippen LogP) is 5.12. The van der Waals surface area contributed by atoms with E-state index in [-0.39, 0.29) is 17.4 Å². The second-order valence-corrected chi connectivity index (χ2v) is 10.8. The molecule has 8 heteroatoms. The molecule has 1 amide bonds. The molecule has 198 valence electrons. The van der Waals surface area contributed by atoms with E-state index in [2.05, 4.69) is 33.8 Å². The summed E-state index contributed by atoms with van der Waals surface area (Å²) in [4.78, 5) is 27.7. The average Bonchev–Trinajstić information content (AvgIpc) is 2.90. The standard InChI is InChI=1S/C30H35N5O2S/c1-3-4-14-31-29(37)22-10-13-27(25(16-22)33-30(38)32-24-11-8-20(2)9-12-24)34-17-21-15-23(19-34)26-6-5-7-28(36)35(26)18-21/h5-13,16,21,23H,3-4,14-15,17-19H2,1-2H3,(H,31,37)(H2,32,33,38)/t21-,23+/m1/s1. The fraction of sp³-hybridized carbons (Fsp3) is 0.367. The minimum atomic E-state index is -0.0886. The maximum Gasteiger partial charge on any atom is 0.251 e. The Morgan fingerprint density at radius 2 is 1.84 bits per heavy atom. The van der Waals surface area contributed by atoms with Crippen LogP contribution in [0.4, 0.5) is 17.1 Å². The second-order valence-electron chi connectivity index (χ2n) is 10.4. The van der Waals surface area contributed by atoms with Crippen molar-refractivity contribution in [2.75, 3.05) is 35.2 Å². The summed E-state index contributed by atoms with van der Waals surface area (Å²) < 4.78 is 1.94. The first-order valence-corrected chi connectivity index (χ1v) is 13.8. The number of thiocarbonyl (C=S) groups is 1. The Hall–Kier alpha value is -3.65. The van der Waals surface area contributed by atoms with E-state index in [0.29, 0.717) is 23.1 Å². The molecule has 5 rings (SSSR count). The normalized spacial score (nSPS) is 17.9. The molecule has 0 aliphatic carbocycles. The highest BCUT2D eigenvalue weighted by molar-refractivity contribution is 7.80. The topological polar surface area (TPSA) is 78.4 Å². The molecular weight excluding hydrogens is 494 g/mol. The molecule has 1 saturated heterocycles. The van der Waals surface area contributed by atoms with E-state index in [1.54, 1.807) is 6.07 Å². The average molecular weight is 530 g/mol. The Labute approximate surface area is 229 Å². The van der Waals surface area contributed by atoms with E-state index in [1.807, 2.05) is 60.0 Å². The molecule has 0 radical (unpaired) electrons. The van der Waals surface area contributed by atoms with Gasteiger partial charge in [0.15, 0.2) is 5.11 Å². The van der Waals surface area contributed by atoms with Crippen LogP contribution in [0.2, 0.25) is 0 Å². The van der Waals surface area contributed by atoms with E-state index in [9.17, 15) is 9.59 Å². The number of carbonyl (C=O) groups is 1. The van der Waals surface area contributed by atoms with Gasteiger partial charge in [0.1, 0.15) is 0 Å². The van der Waals surface area contributed by atoms with Crippen molar-refractivity contribution in [1.29, 1.82) is 0 Å². The Balaban J connectivity index is 1.41. The lowest BCUT2D eigenvalue weighted by Crippen LogP contribution is -2.47. The van der Waals surface area contributed by atoms with Crippen molar-refractivity contribution >= 4 is 40.3 Å². The van der Waals surface area contributed by atoms with Gasteiger partial charge in [-0.2, -0.15) is 0 Å². The number of pyridine rings is 1. The molecule has 0 saturated carbocycles. The molecule has 2 aromatic carbocycles. The van der Waals surface area contributed by atoms with E-state index < -0.39 is 0 Å². The molecular formula is C30H35N5O2S. The van der Waals surface area contributed by atoms with Crippen molar-refractivity contribution in [2.45, 2.75) is 45.6 Å². The lowest BCUT2D eigenvalue weighted by molar-refractivity contribution is 0.0953. The monoisotopic (exact) mass is 529 g/mol. The highest BCUT2D eigenvalue weighted by Crippen LogP contribution is 2.39. The quantitative estimate of drug-likeness (QED) is 0.291. The van der Waals surface area contributed by atoms with Crippen molar-refractivity contribution in [2.24, 2.45) is 5.92 Å². The van der Waals surface area contributed by atoms with Crippen LogP contribution in [0.25, 0.3) is 0 Å². The number of benzene rings is 2. The van der Waals surface area contributed by atoms with E-state index in [4.69, 9.17) is 12.2 Å². The lowest BCUT2D eigenvalue weighted by Gasteiger charge is -2.44. The number of anilines is 3. The summed E-state index contributed by atoms with van der Waals surface area (Å²) in [5, 5.41) is 10.1. The number of aryl methyl sites for hydroxylation is 1. The summed E-state index contributed by atoms with van der Waals surface area (Å²) in [6, 6.07) is 19.4. The van der Waals surface area contributed by atoms with Crippen LogP contribution < -0.4 is 26.4 Å². The van der Waals surface area contributed by atoms with Crippen molar-refractivity contribution in [3.05, 3.63) is 87.8 Å². The Morgan fingerprint density at radius 1 is 1.03 bits per heavy atom. The van der Waals surface area contributed by atoms with Gasteiger partial charge >= 0.3 is 0 Å². The van der Waals surface area contributed by atoms with Gasteiger partial charge in [-0.05, 0) is 74.3 Å². The third kappa shape index (κ3) is 5.75. The molecule has 0 spiro atoms. The van der Waals surface area contributed by atoms with Crippen molar-refractivity contribution in [1.82, 2.24) is 9.88 Å². The van der Waals surface area contributed by atoms with E-state index in [0.717, 1.165) is 61.7 Å². The number of amides is 1. The van der Waals surface area contributed by atoms with E-state index >= 15 is 0 Å². The summed E-state index contributed by atoms with van der Waals surface area (Å²) in [6.07, 6.45) is 3.05. The van der Waals surface area contributed by atoms with Gasteiger partial charge in [0, 0.05) is 55.1 Å². The Morgan fingerprint density at radius 3 is 2.63 bits per heavy atom. The fourth-order valence-corrected chi connectivity index (χ4v) is 5.78. The number of hydrogen-bond acceptors (Lipinski definition) is 4. The van der Waals surface area contributed by atoms with Crippen LogP contribution in [0.15, 0.2) is 65.5 Å². The molecule has 2 bridgehead atoms. The molecule has 2 atom stereocenters. The van der Waals surface area contributed by atoms with Crippen LogP contribution in [0.5, 0.6) is 0 Å². The van der Waals surface area contributed by atoms with Crippen LogP contribution in [0.1, 0.15) is 53.7 Å². The minimum absolute atomic E-state index is 0.0824. The zero-order chi connectivity index (χ0) is 26.6. The molecule has 38 heavy (non-hydrogen) atoms. The van der Waals surface area contributed by atoms with Gasteiger partial charge in [-0.15, -0.1) is 0 Å². The van der Waals surface area contributed by atoms with Crippen molar-refractivity contribution in [3.63, 3.8) is 0 Å². The summed E-state index contributed by atoms with van der Waals surface area (Å²) in [5.74, 6) is 0.567. The van der Waals surface area contributed by atoms with Crippen LogP contribution in [0.3, 0.4) is 0 Å². The smallest absolute Gasteiger partial charge is 0.251 e. The number of unbranched alkanes of at least 4 members (excludes halogenated alkanes) is 1. The van der Waals surface area contributed by atoms with Gasteiger partial charge < -0.3 is 25.4 Å². The van der Waals surface area contributed by atoms with Gasteiger partial charge in [-0.1, -0.05) is 37.1 Å². The third-order valence-corrected chi connectivity index (χ3v) is 7.66. The number of aromatic nitrogens is 1. The SMILES string of the molecule is CCCCNC(=O)c1ccc(N2C[C@H]3C[C@@H](C2)c2cccc(=O)n2C3)c(NC(=S)Nc2ccc(C)cc2)c1. The second kappa shape index (κ2) is 11.4. The summed E-state index contributed by atoms with van der Waals surface area (Å²) in [6.45, 7) is 7.18. The molecule has 2 aliphatic rings. The Bertz CT molecular complexity index is 1380. The van der Waals surface area contributed by atoms with Gasteiger partial charge in [-0.25, -0.2) is 0 Å². The highest BCUT2D eigenvalue weighted by atomic mass is 32.1. The van der Waals surface area contributed by atoms with Crippen LogP contribution in [-0.2, 0) is 6.54 Å². The molecule has 0 unspecified atom stereocenters.